The number of nitrogens with one attached hydrogen (secondary N) is 1. The van der Waals surface area contributed by atoms with Gasteiger partial charge < -0.3 is 4.74 Å². The summed E-state index contributed by atoms with van der Waals surface area (Å²) in [6.07, 6.45) is 12.2. The molecule has 2 aliphatic rings. The minimum absolute atomic E-state index is 0.515. The molecule has 0 bridgehead atoms. The molecule has 1 atom stereocenters. The van der Waals surface area contributed by atoms with Gasteiger partial charge in [-0.15, -0.1) is 0 Å². The van der Waals surface area contributed by atoms with Crippen molar-refractivity contribution in [2.75, 3.05) is 13.2 Å². The third kappa shape index (κ3) is 4.23. The highest BCUT2D eigenvalue weighted by atomic mass is 16.5. The summed E-state index contributed by atoms with van der Waals surface area (Å²) in [7, 11) is 0. The van der Waals surface area contributed by atoms with Gasteiger partial charge in [-0.05, 0) is 37.5 Å². The minimum Gasteiger partial charge on any atom is -0.381 e. The van der Waals surface area contributed by atoms with E-state index in [1.807, 2.05) is 0 Å². The molecule has 1 saturated heterocycles. The van der Waals surface area contributed by atoms with Crippen LogP contribution in [0.5, 0.6) is 0 Å². The Balaban J connectivity index is 1.70. The first-order chi connectivity index (χ1) is 8.40. The molecule has 100 valence electrons. The predicted molar refractivity (Wildman–Crippen MR) is 70.5 cm³/mol. The van der Waals surface area contributed by atoms with Crippen LogP contribution in [0, 0.1) is 11.8 Å². The molecule has 3 nitrogen and oxygen atoms in total. The summed E-state index contributed by atoms with van der Waals surface area (Å²) < 4.78 is 5.42. The summed E-state index contributed by atoms with van der Waals surface area (Å²) in [4.78, 5) is 0. The molecule has 0 aromatic heterocycles. The van der Waals surface area contributed by atoms with Gasteiger partial charge in [0.25, 0.3) is 0 Å². The Hall–Kier alpha value is -0.120. The molecule has 1 heterocycles. The Morgan fingerprint density at radius 1 is 1.06 bits per heavy atom. The fourth-order valence-corrected chi connectivity index (χ4v) is 3.46. The number of nitrogens with two attached hydrogens (primary N) is 1. The first kappa shape index (κ1) is 13.3. The standard InChI is InChI=1S/C14H28N2O/c15-16-14(13-8-10-17-11-9-13)7-6-12-4-2-1-3-5-12/h12-14,16H,1-11,15H2. The zero-order valence-corrected chi connectivity index (χ0v) is 11.0. The fraction of sp³-hybridized carbons (Fsp3) is 1.00. The quantitative estimate of drug-likeness (QED) is 0.573. The Morgan fingerprint density at radius 2 is 1.76 bits per heavy atom. The number of hydrogen-bond donors (Lipinski definition) is 2. The van der Waals surface area contributed by atoms with E-state index < -0.39 is 0 Å². The van der Waals surface area contributed by atoms with E-state index in [0.29, 0.717) is 6.04 Å². The van der Waals surface area contributed by atoms with Crippen molar-refractivity contribution < 1.29 is 4.74 Å². The Bertz CT molecular complexity index is 198. The van der Waals surface area contributed by atoms with E-state index in [1.165, 1.54) is 57.8 Å². The lowest BCUT2D eigenvalue weighted by Gasteiger charge is -2.31. The Morgan fingerprint density at radius 3 is 2.41 bits per heavy atom. The van der Waals surface area contributed by atoms with Gasteiger partial charge in [0, 0.05) is 19.3 Å². The number of hydrazine groups is 1. The molecule has 0 radical (unpaired) electrons. The van der Waals surface area contributed by atoms with Gasteiger partial charge in [-0.1, -0.05) is 32.1 Å². The van der Waals surface area contributed by atoms with Crippen LogP contribution in [-0.4, -0.2) is 19.3 Å². The zero-order valence-electron chi connectivity index (χ0n) is 11.0. The second-order valence-electron chi connectivity index (χ2n) is 5.80. The molecule has 1 saturated carbocycles. The lowest BCUT2D eigenvalue weighted by molar-refractivity contribution is 0.0514. The van der Waals surface area contributed by atoms with E-state index in [4.69, 9.17) is 10.6 Å². The van der Waals surface area contributed by atoms with E-state index in [0.717, 1.165) is 25.0 Å². The van der Waals surface area contributed by atoms with Gasteiger partial charge in [0.2, 0.25) is 0 Å². The molecule has 3 heteroatoms. The maximum absolute atomic E-state index is 5.73. The van der Waals surface area contributed by atoms with Gasteiger partial charge in [-0.3, -0.25) is 11.3 Å². The predicted octanol–water partition coefficient (Wildman–Crippen LogP) is 2.61. The maximum Gasteiger partial charge on any atom is 0.0469 e. The third-order valence-electron chi connectivity index (χ3n) is 4.66. The van der Waals surface area contributed by atoms with Crippen LogP contribution in [0.15, 0.2) is 0 Å². The molecule has 2 rings (SSSR count). The minimum atomic E-state index is 0.515. The Labute approximate surface area is 105 Å². The van der Waals surface area contributed by atoms with Gasteiger partial charge in [-0.25, -0.2) is 0 Å². The number of hydrogen-bond acceptors (Lipinski definition) is 3. The van der Waals surface area contributed by atoms with Crippen molar-refractivity contribution in [2.45, 2.75) is 63.8 Å². The zero-order chi connectivity index (χ0) is 11.9. The van der Waals surface area contributed by atoms with Crippen molar-refractivity contribution in [2.24, 2.45) is 17.7 Å². The summed E-state index contributed by atoms with van der Waals surface area (Å²) in [5.41, 5.74) is 3.06. The SMILES string of the molecule is NNC(CCC1CCCCC1)C1CCOCC1. The van der Waals surface area contributed by atoms with Crippen LogP contribution < -0.4 is 11.3 Å². The van der Waals surface area contributed by atoms with Crippen LogP contribution in [0.2, 0.25) is 0 Å². The van der Waals surface area contributed by atoms with Crippen LogP contribution in [0.25, 0.3) is 0 Å². The van der Waals surface area contributed by atoms with E-state index >= 15 is 0 Å². The van der Waals surface area contributed by atoms with Crippen molar-refractivity contribution >= 4 is 0 Å². The van der Waals surface area contributed by atoms with Crippen molar-refractivity contribution in [1.82, 2.24) is 5.43 Å². The van der Waals surface area contributed by atoms with Crippen molar-refractivity contribution in [3.8, 4) is 0 Å². The number of rotatable bonds is 5. The third-order valence-corrected chi connectivity index (χ3v) is 4.66. The van der Waals surface area contributed by atoms with Gasteiger partial charge in [-0.2, -0.15) is 0 Å². The molecule has 0 amide bonds. The molecule has 1 aliphatic carbocycles. The van der Waals surface area contributed by atoms with Gasteiger partial charge in [0.05, 0.1) is 0 Å². The van der Waals surface area contributed by atoms with Crippen LogP contribution in [0.1, 0.15) is 57.8 Å². The van der Waals surface area contributed by atoms with E-state index in [1.54, 1.807) is 0 Å². The van der Waals surface area contributed by atoms with Crippen molar-refractivity contribution in [3.63, 3.8) is 0 Å². The highest BCUT2D eigenvalue weighted by Gasteiger charge is 2.24. The summed E-state index contributed by atoms with van der Waals surface area (Å²) in [5.74, 6) is 7.43. The molecule has 0 aromatic rings. The molecule has 3 N–H and O–H groups in total. The van der Waals surface area contributed by atoms with Crippen LogP contribution in [-0.2, 0) is 4.74 Å². The second-order valence-corrected chi connectivity index (χ2v) is 5.80. The normalized spacial score (nSPS) is 25.9. The molecule has 0 aromatic carbocycles. The van der Waals surface area contributed by atoms with Gasteiger partial charge >= 0.3 is 0 Å². The molecular formula is C14H28N2O. The molecule has 17 heavy (non-hydrogen) atoms. The molecule has 1 aliphatic heterocycles. The molecule has 2 fully saturated rings. The van der Waals surface area contributed by atoms with E-state index in [9.17, 15) is 0 Å². The average molecular weight is 240 g/mol. The van der Waals surface area contributed by atoms with Crippen LogP contribution >= 0.6 is 0 Å². The average Bonchev–Trinajstić information content (AvgIpc) is 2.42. The molecule has 1 unspecified atom stereocenters. The van der Waals surface area contributed by atoms with Crippen molar-refractivity contribution in [1.29, 1.82) is 0 Å². The van der Waals surface area contributed by atoms with E-state index in [2.05, 4.69) is 5.43 Å². The molecule has 0 spiro atoms. The van der Waals surface area contributed by atoms with Crippen LogP contribution in [0.3, 0.4) is 0 Å². The van der Waals surface area contributed by atoms with Gasteiger partial charge in [0.15, 0.2) is 0 Å². The van der Waals surface area contributed by atoms with E-state index in [-0.39, 0.29) is 0 Å². The highest BCUT2D eigenvalue weighted by Crippen LogP contribution is 2.29. The molecular weight excluding hydrogens is 212 g/mol. The Kier molecular flexibility index (Phi) is 5.75. The maximum atomic E-state index is 5.73. The first-order valence-corrected chi connectivity index (χ1v) is 7.44. The number of ether oxygens (including phenoxy) is 1. The summed E-state index contributed by atoms with van der Waals surface area (Å²) in [5, 5.41) is 0. The summed E-state index contributed by atoms with van der Waals surface area (Å²) >= 11 is 0. The summed E-state index contributed by atoms with van der Waals surface area (Å²) in [6.45, 7) is 1.85. The van der Waals surface area contributed by atoms with Gasteiger partial charge in [0.1, 0.15) is 0 Å². The topological polar surface area (TPSA) is 47.3 Å². The second kappa shape index (κ2) is 7.34. The lowest BCUT2D eigenvalue weighted by Crippen LogP contribution is -2.43. The van der Waals surface area contributed by atoms with Crippen LogP contribution in [0.4, 0.5) is 0 Å². The highest BCUT2D eigenvalue weighted by molar-refractivity contribution is 4.78. The lowest BCUT2D eigenvalue weighted by atomic mass is 9.82. The first-order valence-electron chi connectivity index (χ1n) is 7.44. The largest absolute Gasteiger partial charge is 0.381 e. The monoisotopic (exact) mass is 240 g/mol. The summed E-state index contributed by atoms with van der Waals surface area (Å²) in [6, 6.07) is 0.515. The fourth-order valence-electron chi connectivity index (χ4n) is 3.46. The van der Waals surface area contributed by atoms with Crippen molar-refractivity contribution in [3.05, 3.63) is 0 Å². The smallest absolute Gasteiger partial charge is 0.0469 e.